The van der Waals surface area contributed by atoms with Gasteiger partial charge in [-0.25, -0.2) is 0 Å². The summed E-state index contributed by atoms with van der Waals surface area (Å²) in [6, 6.07) is 8.37. The Morgan fingerprint density at radius 2 is 1.92 bits per heavy atom. The highest BCUT2D eigenvalue weighted by molar-refractivity contribution is 5.95. The first-order valence-electron chi connectivity index (χ1n) is 9.92. The SMILES string of the molecule is CC(CC1CCCC1)Nc1cccc(C(=O)N2CCC(CO)CC2)c1. The summed E-state index contributed by atoms with van der Waals surface area (Å²) in [6.45, 7) is 3.98. The van der Waals surface area contributed by atoms with E-state index in [2.05, 4.69) is 18.3 Å². The van der Waals surface area contributed by atoms with Crippen LogP contribution in [0.2, 0.25) is 0 Å². The van der Waals surface area contributed by atoms with Crippen LogP contribution < -0.4 is 5.32 Å². The summed E-state index contributed by atoms with van der Waals surface area (Å²) in [5.41, 5.74) is 1.81. The summed E-state index contributed by atoms with van der Waals surface area (Å²) in [6.07, 6.45) is 8.52. The molecule has 1 saturated carbocycles. The number of carbonyl (C=O) groups is 1. The van der Waals surface area contributed by atoms with Crippen molar-refractivity contribution in [1.29, 1.82) is 0 Å². The lowest BCUT2D eigenvalue weighted by molar-refractivity contribution is 0.0651. The summed E-state index contributed by atoms with van der Waals surface area (Å²) in [5, 5.41) is 12.8. The molecule has 138 valence electrons. The Morgan fingerprint density at radius 1 is 1.20 bits per heavy atom. The number of benzene rings is 1. The Balaban J connectivity index is 1.56. The first kappa shape index (κ1) is 18.2. The van der Waals surface area contributed by atoms with Crippen molar-refractivity contribution in [2.75, 3.05) is 25.0 Å². The van der Waals surface area contributed by atoms with Gasteiger partial charge in [0.05, 0.1) is 0 Å². The third kappa shape index (κ3) is 4.97. The second-order valence-corrected chi connectivity index (χ2v) is 7.93. The maximum Gasteiger partial charge on any atom is 0.253 e. The van der Waals surface area contributed by atoms with Crippen LogP contribution in [0.25, 0.3) is 0 Å². The lowest BCUT2D eigenvalue weighted by Gasteiger charge is -2.31. The van der Waals surface area contributed by atoms with Crippen molar-refractivity contribution in [3.63, 3.8) is 0 Å². The van der Waals surface area contributed by atoms with Gasteiger partial charge in [-0.3, -0.25) is 4.79 Å². The number of likely N-dealkylation sites (tertiary alicyclic amines) is 1. The average Bonchev–Trinajstić information content (AvgIpc) is 3.14. The van der Waals surface area contributed by atoms with Gasteiger partial charge in [0.1, 0.15) is 0 Å². The fourth-order valence-electron chi connectivity index (χ4n) is 4.33. The van der Waals surface area contributed by atoms with Crippen LogP contribution in [-0.2, 0) is 0 Å². The quantitative estimate of drug-likeness (QED) is 0.822. The smallest absolute Gasteiger partial charge is 0.253 e. The Kier molecular flexibility index (Phi) is 6.35. The molecule has 3 rings (SSSR count). The molecule has 1 saturated heterocycles. The van der Waals surface area contributed by atoms with Crippen LogP contribution in [0.4, 0.5) is 5.69 Å². The van der Waals surface area contributed by atoms with Crippen LogP contribution in [0.15, 0.2) is 24.3 Å². The molecule has 1 aliphatic heterocycles. The van der Waals surface area contributed by atoms with E-state index in [1.54, 1.807) is 0 Å². The van der Waals surface area contributed by atoms with Crippen molar-refractivity contribution in [3.8, 4) is 0 Å². The second-order valence-electron chi connectivity index (χ2n) is 7.93. The van der Waals surface area contributed by atoms with E-state index in [1.807, 2.05) is 23.1 Å². The highest BCUT2D eigenvalue weighted by Gasteiger charge is 2.23. The van der Waals surface area contributed by atoms with E-state index in [1.165, 1.54) is 32.1 Å². The zero-order valence-corrected chi connectivity index (χ0v) is 15.4. The molecule has 1 amide bonds. The minimum Gasteiger partial charge on any atom is -0.396 e. The van der Waals surface area contributed by atoms with E-state index in [-0.39, 0.29) is 12.5 Å². The number of rotatable bonds is 6. The van der Waals surface area contributed by atoms with E-state index in [0.717, 1.165) is 43.1 Å². The van der Waals surface area contributed by atoms with Crippen LogP contribution in [0.5, 0.6) is 0 Å². The summed E-state index contributed by atoms with van der Waals surface area (Å²) < 4.78 is 0. The normalized spacial score (nSPS) is 20.6. The fraction of sp³-hybridized carbons (Fsp3) is 0.667. The number of nitrogens with one attached hydrogen (secondary N) is 1. The number of amides is 1. The molecule has 4 heteroatoms. The van der Waals surface area contributed by atoms with Gasteiger partial charge in [0.2, 0.25) is 0 Å². The van der Waals surface area contributed by atoms with Gasteiger partial charge in [0.15, 0.2) is 0 Å². The Morgan fingerprint density at radius 3 is 2.60 bits per heavy atom. The number of hydrogen-bond donors (Lipinski definition) is 2. The predicted molar refractivity (Wildman–Crippen MR) is 102 cm³/mol. The van der Waals surface area contributed by atoms with Crippen molar-refractivity contribution >= 4 is 11.6 Å². The fourth-order valence-corrected chi connectivity index (χ4v) is 4.33. The first-order valence-corrected chi connectivity index (χ1v) is 9.92. The van der Waals surface area contributed by atoms with Gasteiger partial charge in [-0.05, 0) is 56.2 Å². The molecule has 1 atom stereocenters. The highest BCUT2D eigenvalue weighted by atomic mass is 16.3. The van der Waals surface area contributed by atoms with Gasteiger partial charge in [-0.15, -0.1) is 0 Å². The van der Waals surface area contributed by atoms with Gasteiger partial charge >= 0.3 is 0 Å². The molecule has 0 aromatic heterocycles. The van der Waals surface area contributed by atoms with Crippen molar-refractivity contribution in [2.24, 2.45) is 11.8 Å². The number of piperidine rings is 1. The molecule has 1 aromatic rings. The van der Waals surface area contributed by atoms with Crippen molar-refractivity contribution < 1.29 is 9.90 Å². The molecule has 2 aliphatic rings. The van der Waals surface area contributed by atoms with Crippen molar-refractivity contribution in [1.82, 2.24) is 4.90 Å². The van der Waals surface area contributed by atoms with Gasteiger partial charge in [0, 0.05) is 37.0 Å². The lowest BCUT2D eigenvalue weighted by Crippen LogP contribution is -2.39. The van der Waals surface area contributed by atoms with Gasteiger partial charge < -0.3 is 15.3 Å². The molecule has 25 heavy (non-hydrogen) atoms. The Labute approximate surface area is 151 Å². The third-order valence-corrected chi connectivity index (χ3v) is 5.84. The molecule has 0 spiro atoms. The van der Waals surface area contributed by atoms with E-state index in [9.17, 15) is 9.90 Å². The van der Waals surface area contributed by atoms with Crippen LogP contribution in [0.3, 0.4) is 0 Å². The number of nitrogens with zero attached hydrogens (tertiary/aromatic N) is 1. The maximum absolute atomic E-state index is 12.7. The van der Waals surface area contributed by atoms with Gasteiger partial charge in [0.25, 0.3) is 5.91 Å². The largest absolute Gasteiger partial charge is 0.396 e. The zero-order valence-electron chi connectivity index (χ0n) is 15.4. The van der Waals surface area contributed by atoms with E-state index in [4.69, 9.17) is 0 Å². The minimum absolute atomic E-state index is 0.114. The predicted octanol–water partition coefficient (Wildman–Crippen LogP) is 3.91. The van der Waals surface area contributed by atoms with Gasteiger partial charge in [-0.1, -0.05) is 31.7 Å². The molecule has 1 heterocycles. The number of aliphatic hydroxyl groups is 1. The average molecular weight is 344 g/mol. The molecular formula is C21H32N2O2. The lowest BCUT2D eigenvalue weighted by atomic mass is 9.97. The van der Waals surface area contributed by atoms with Crippen LogP contribution >= 0.6 is 0 Å². The first-order chi connectivity index (χ1) is 12.2. The minimum atomic E-state index is 0.114. The number of hydrogen-bond acceptors (Lipinski definition) is 3. The van der Waals surface area contributed by atoms with Crippen LogP contribution in [0, 0.1) is 11.8 Å². The number of aliphatic hydroxyl groups excluding tert-OH is 1. The van der Waals surface area contributed by atoms with E-state index in [0.29, 0.717) is 12.0 Å². The Hall–Kier alpha value is -1.55. The monoisotopic (exact) mass is 344 g/mol. The topological polar surface area (TPSA) is 52.6 Å². The zero-order chi connectivity index (χ0) is 17.6. The molecule has 0 radical (unpaired) electrons. The molecule has 1 unspecified atom stereocenters. The molecular weight excluding hydrogens is 312 g/mol. The maximum atomic E-state index is 12.7. The Bertz CT molecular complexity index is 561. The standard InChI is InChI=1S/C21H32N2O2/c1-16(13-17-5-2-3-6-17)22-20-8-4-7-19(14-20)21(25)23-11-9-18(15-24)10-12-23/h4,7-8,14,16-18,22,24H,2-3,5-6,9-13,15H2,1H3. The molecule has 2 fully saturated rings. The molecule has 0 bridgehead atoms. The highest BCUT2D eigenvalue weighted by Crippen LogP contribution is 2.29. The number of carbonyl (C=O) groups excluding carboxylic acids is 1. The van der Waals surface area contributed by atoms with Crippen LogP contribution in [0.1, 0.15) is 62.2 Å². The molecule has 4 nitrogen and oxygen atoms in total. The van der Waals surface area contributed by atoms with Gasteiger partial charge in [-0.2, -0.15) is 0 Å². The molecule has 1 aromatic carbocycles. The van der Waals surface area contributed by atoms with Crippen LogP contribution in [-0.4, -0.2) is 41.7 Å². The summed E-state index contributed by atoms with van der Waals surface area (Å²) in [4.78, 5) is 14.7. The second kappa shape index (κ2) is 8.70. The van der Waals surface area contributed by atoms with E-state index >= 15 is 0 Å². The molecule has 2 N–H and O–H groups in total. The summed E-state index contributed by atoms with van der Waals surface area (Å²) >= 11 is 0. The number of anilines is 1. The van der Waals surface area contributed by atoms with Crippen molar-refractivity contribution in [2.45, 2.75) is 57.9 Å². The summed E-state index contributed by atoms with van der Waals surface area (Å²) in [7, 11) is 0. The third-order valence-electron chi connectivity index (χ3n) is 5.84. The van der Waals surface area contributed by atoms with E-state index < -0.39 is 0 Å². The molecule has 1 aliphatic carbocycles. The van der Waals surface area contributed by atoms with Crippen molar-refractivity contribution in [3.05, 3.63) is 29.8 Å². The summed E-state index contributed by atoms with van der Waals surface area (Å²) in [5.74, 6) is 1.33.